The smallest absolute Gasteiger partial charge is 0.129 e. The van der Waals surface area contributed by atoms with Crippen molar-refractivity contribution in [3.05, 3.63) is 59.2 Å². The second kappa shape index (κ2) is 5.48. The van der Waals surface area contributed by atoms with Crippen LogP contribution in [0.1, 0.15) is 29.5 Å². The normalized spacial score (nSPS) is 14.2. The molecule has 0 aliphatic heterocycles. The summed E-state index contributed by atoms with van der Waals surface area (Å²) in [7, 11) is 0. The molecule has 0 bridgehead atoms. The predicted octanol–water partition coefficient (Wildman–Crippen LogP) is 2.80. The SMILES string of the molecule is N#Cc1ccc(Cn2ccc(CNC3CC3)c2)c(F)c1. The van der Waals surface area contributed by atoms with E-state index in [1.165, 1.54) is 24.5 Å². The molecule has 1 fully saturated rings. The highest BCUT2D eigenvalue weighted by Crippen LogP contribution is 2.19. The van der Waals surface area contributed by atoms with Crippen LogP contribution in [0.5, 0.6) is 0 Å². The Morgan fingerprint density at radius 3 is 2.90 bits per heavy atom. The maximum Gasteiger partial charge on any atom is 0.129 e. The monoisotopic (exact) mass is 269 g/mol. The third-order valence-electron chi connectivity index (χ3n) is 3.52. The fourth-order valence-electron chi connectivity index (χ4n) is 2.18. The zero-order chi connectivity index (χ0) is 13.9. The second-order valence-corrected chi connectivity index (χ2v) is 5.27. The van der Waals surface area contributed by atoms with Crippen LogP contribution in [0.2, 0.25) is 0 Å². The highest BCUT2D eigenvalue weighted by Gasteiger charge is 2.19. The van der Waals surface area contributed by atoms with Crippen LogP contribution in [0.15, 0.2) is 36.7 Å². The number of nitrogens with one attached hydrogen (secondary N) is 1. The molecule has 102 valence electrons. The van der Waals surface area contributed by atoms with Crippen molar-refractivity contribution in [2.24, 2.45) is 0 Å². The molecule has 0 unspecified atom stereocenters. The van der Waals surface area contributed by atoms with Crippen molar-refractivity contribution < 1.29 is 4.39 Å². The minimum absolute atomic E-state index is 0.324. The third kappa shape index (κ3) is 3.06. The number of halogens is 1. The molecule has 1 heterocycles. The number of hydrogen-bond acceptors (Lipinski definition) is 2. The van der Waals surface area contributed by atoms with Crippen molar-refractivity contribution in [1.29, 1.82) is 5.26 Å². The molecule has 1 aliphatic rings. The van der Waals surface area contributed by atoms with Crippen molar-refractivity contribution in [3.8, 4) is 6.07 Å². The number of rotatable bonds is 5. The van der Waals surface area contributed by atoms with E-state index in [9.17, 15) is 4.39 Å². The van der Waals surface area contributed by atoms with E-state index in [4.69, 9.17) is 5.26 Å². The van der Waals surface area contributed by atoms with Gasteiger partial charge in [-0.2, -0.15) is 5.26 Å². The summed E-state index contributed by atoms with van der Waals surface area (Å²) in [5, 5.41) is 12.2. The van der Waals surface area contributed by atoms with Gasteiger partial charge in [0.05, 0.1) is 11.6 Å². The Kier molecular flexibility index (Phi) is 3.53. The Hall–Kier alpha value is -2.12. The molecule has 1 aliphatic carbocycles. The van der Waals surface area contributed by atoms with Crippen molar-refractivity contribution >= 4 is 0 Å². The molecule has 1 aromatic carbocycles. The average molecular weight is 269 g/mol. The summed E-state index contributed by atoms with van der Waals surface area (Å²) >= 11 is 0. The van der Waals surface area contributed by atoms with Gasteiger partial charge in [-0.15, -0.1) is 0 Å². The Morgan fingerprint density at radius 1 is 1.35 bits per heavy atom. The summed E-state index contributed by atoms with van der Waals surface area (Å²) < 4.78 is 15.8. The van der Waals surface area contributed by atoms with Gasteiger partial charge in [-0.05, 0) is 36.6 Å². The number of aromatic nitrogens is 1. The first-order valence-electron chi connectivity index (χ1n) is 6.81. The molecule has 0 amide bonds. The molecule has 3 nitrogen and oxygen atoms in total. The molecule has 1 N–H and O–H groups in total. The van der Waals surface area contributed by atoms with Gasteiger partial charge in [-0.1, -0.05) is 6.07 Å². The van der Waals surface area contributed by atoms with Crippen molar-refractivity contribution in [2.45, 2.75) is 32.0 Å². The van der Waals surface area contributed by atoms with Crippen LogP contribution in [0.25, 0.3) is 0 Å². The van der Waals surface area contributed by atoms with Crippen LogP contribution in [0.3, 0.4) is 0 Å². The lowest BCUT2D eigenvalue weighted by Gasteiger charge is -2.05. The first-order valence-corrected chi connectivity index (χ1v) is 6.81. The number of benzene rings is 1. The lowest BCUT2D eigenvalue weighted by atomic mass is 10.1. The van der Waals surface area contributed by atoms with Gasteiger partial charge in [0, 0.05) is 37.1 Å². The average Bonchev–Trinajstić information content (AvgIpc) is 3.18. The first kappa shape index (κ1) is 12.9. The van der Waals surface area contributed by atoms with Crippen molar-refractivity contribution in [2.75, 3.05) is 0 Å². The fourth-order valence-corrected chi connectivity index (χ4v) is 2.18. The topological polar surface area (TPSA) is 40.8 Å². The Labute approximate surface area is 117 Å². The van der Waals surface area contributed by atoms with Crippen molar-refractivity contribution in [1.82, 2.24) is 9.88 Å². The Balaban J connectivity index is 1.66. The van der Waals surface area contributed by atoms with Gasteiger partial charge in [0.15, 0.2) is 0 Å². The van der Waals surface area contributed by atoms with E-state index < -0.39 is 0 Å². The summed E-state index contributed by atoms with van der Waals surface area (Å²) in [4.78, 5) is 0. The lowest BCUT2D eigenvalue weighted by Crippen LogP contribution is -2.14. The molecule has 1 saturated carbocycles. The number of hydrogen-bond donors (Lipinski definition) is 1. The molecule has 0 radical (unpaired) electrons. The van der Waals surface area contributed by atoms with E-state index in [2.05, 4.69) is 11.4 Å². The standard InChI is InChI=1S/C16H16FN3/c17-16-7-12(8-18)1-2-14(16)11-20-6-5-13(10-20)9-19-15-3-4-15/h1-2,5-7,10,15,19H,3-4,9,11H2. The molecule has 0 saturated heterocycles. The predicted molar refractivity (Wildman–Crippen MR) is 74.5 cm³/mol. The molecule has 3 rings (SSSR count). The van der Waals surface area contributed by atoms with Gasteiger partial charge in [-0.3, -0.25) is 0 Å². The highest BCUT2D eigenvalue weighted by atomic mass is 19.1. The third-order valence-corrected chi connectivity index (χ3v) is 3.52. The van der Waals surface area contributed by atoms with Crippen LogP contribution in [0.4, 0.5) is 4.39 Å². The fraction of sp³-hybridized carbons (Fsp3) is 0.312. The second-order valence-electron chi connectivity index (χ2n) is 5.27. The van der Waals surface area contributed by atoms with Gasteiger partial charge < -0.3 is 9.88 Å². The molecule has 4 heteroatoms. The number of nitrogens with zero attached hydrogens (tertiary/aromatic N) is 2. The van der Waals surface area contributed by atoms with Crippen LogP contribution in [0, 0.1) is 17.1 Å². The Morgan fingerprint density at radius 2 is 2.20 bits per heavy atom. The minimum atomic E-state index is -0.324. The van der Waals surface area contributed by atoms with Gasteiger partial charge in [0.2, 0.25) is 0 Å². The van der Waals surface area contributed by atoms with E-state index in [1.54, 1.807) is 12.1 Å². The van der Waals surface area contributed by atoms with Crippen LogP contribution >= 0.6 is 0 Å². The summed E-state index contributed by atoms with van der Waals surface area (Å²) in [5.74, 6) is -0.324. The van der Waals surface area contributed by atoms with E-state index in [-0.39, 0.29) is 5.82 Å². The number of nitriles is 1. The zero-order valence-electron chi connectivity index (χ0n) is 11.1. The van der Waals surface area contributed by atoms with E-state index in [0.29, 0.717) is 23.7 Å². The summed E-state index contributed by atoms with van der Waals surface area (Å²) in [6.07, 6.45) is 6.54. The maximum atomic E-state index is 13.8. The molecule has 1 aromatic heterocycles. The summed E-state index contributed by atoms with van der Waals surface area (Å²) in [6.45, 7) is 1.36. The van der Waals surface area contributed by atoms with E-state index in [0.717, 1.165) is 6.54 Å². The van der Waals surface area contributed by atoms with E-state index in [1.807, 2.05) is 23.0 Å². The molecule has 0 atom stereocenters. The van der Waals surface area contributed by atoms with E-state index >= 15 is 0 Å². The van der Waals surface area contributed by atoms with Crippen LogP contribution < -0.4 is 5.32 Å². The zero-order valence-corrected chi connectivity index (χ0v) is 11.1. The molecule has 2 aromatic rings. The van der Waals surface area contributed by atoms with Gasteiger partial charge in [0.1, 0.15) is 5.82 Å². The van der Waals surface area contributed by atoms with Crippen LogP contribution in [-0.2, 0) is 13.1 Å². The van der Waals surface area contributed by atoms with Crippen LogP contribution in [-0.4, -0.2) is 10.6 Å². The highest BCUT2D eigenvalue weighted by molar-refractivity contribution is 5.33. The molecular formula is C16H16FN3. The van der Waals surface area contributed by atoms with Gasteiger partial charge >= 0.3 is 0 Å². The quantitative estimate of drug-likeness (QED) is 0.906. The minimum Gasteiger partial charge on any atom is -0.349 e. The van der Waals surface area contributed by atoms with Gasteiger partial charge in [0.25, 0.3) is 0 Å². The lowest BCUT2D eigenvalue weighted by molar-refractivity contribution is 0.599. The summed E-state index contributed by atoms with van der Waals surface area (Å²) in [5.41, 5.74) is 2.17. The first-order chi connectivity index (χ1) is 9.74. The maximum absolute atomic E-state index is 13.8. The van der Waals surface area contributed by atoms with Crippen molar-refractivity contribution in [3.63, 3.8) is 0 Å². The largest absolute Gasteiger partial charge is 0.349 e. The summed E-state index contributed by atoms with van der Waals surface area (Å²) in [6, 6.07) is 9.30. The molecular weight excluding hydrogens is 253 g/mol. The van der Waals surface area contributed by atoms with Gasteiger partial charge in [-0.25, -0.2) is 4.39 Å². The molecule has 20 heavy (non-hydrogen) atoms. The molecule has 0 spiro atoms. The Bertz CT molecular complexity index is 650.